The van der Waals surface area contributed by atoms with Gasteiger partial charge in [0.05, 0.1) is 21.3 Å². The van der Waals surface area contributed by atoms with Crippen molar-refractivity contribution in [2.24, 2.45) is 0 Å². The van der Waals surface area contributed by atoms with E-state index in [0.29, 0.717) is 26.3 Å². The Labute approximate surface area is 125 Å². The molecule has 6 heteroatoms. The van der Waals surface area contributed by atoms with E-state index in [1.165, 1.54) is 12.1 Å². The molecule has 98 valence electrons. The van der Waals surface area contributed by atoms with E-state index in [9.17, 15) is 4.79 Å². The molecule has 0 aromatic heterocycles. The number of rotatable bonds is 2. The second-order valence-corrected chi connectivity index (χ2v) is 5.03. The van der Waals surface area contributed by atoms with Crippen LogP contribution in [0.15, 0.2) is 36.4 Å². The third-order valence-electron chi connectivity index (χ3n) is 2.46. The van der Waals surface area contributed by atoms with E-state index in [2.05, 4.69) is 5.32 Å². The van der Waals surface area contributed by atoms with Gasteiger partial charge < -0.3 is 11.1 Å². The fourth-order valence-electron chi connectivity index (χ4n) is 1.54. The molecule has 0 spiro atoms. The highest BCUT2D eigenvalue weighted by molar-refractivity contribution is 6.40. The maximum atomic E-state index is 12.1. The summed E-state index contributed by atoms with van der Waals surface area (Å²) in [6.45, 7) is 0. The van der Waals surface area contributed by atoms with Gasteiger partial charge in [-0.1, -0.05) is 40.9 Å². The fourth-order valence-corrected chi connectivity index (χ4v) is 2.21. The SMILES string of the molecule is Nc1cc(Cl)ccc1C(=O)Nc1c(Cl)cccc1Cl. The molecule has 0 radical (unpaired) electrons. The summed E-state index contributed by atoms with van der Waals surface area (Å²) in [5.74, 6) is -0.399. The molecular weight excluding hydrogens is 307 g/mol. The Morgan fingerprint density at radius 2 is 1.68 bits per heavy atom. The van der Waals surface area contributed by atoms with Crippen LogP contribution >= 0.6 is 34.8 Å². The molecule has 2 aromatic rings. The number of nitrogens with one attached hydrogen (secondary N) is 1. The number of halogens is 3. The maximum Gasteiger partial charge on any atom is 0.257 e. The quantitative estimate of drug-likeness (QED) is 0.803. The van der Waals surface area contributed by atoms with Crippen molar-refractivity contribution in [3.63, 3.8) is 0 Å². The summed E-state index contributed by atoms with van der Waals surface area (Å²) in [7, 11) is 0. The number of nitrogen functional groups attached to an aromatic ring is 1. The molecule has 0 atom stereocenters. The van der Waals surface area contributed by atoms with E-state index >= 15 is 0 Å². The highest BCUT2D eigenvalue weighted by Crippen LogP contribution is 2.30. The van der Waals surface area contributed by atoms with E-state index in [0.717, 1.165) is 0 Å². The molecule has 0 aliphatic carbocycles. The van der Waals surface area contributed by atoms with Crippen LogP contribution in [0.25, 0.3) is 0 Å². The van der Waals surface area contributed by atoms with Crippen LogP contribution in [-0.4, -0.2) is 5.91 Å². The molecule has 0 heterocycles. The Morgan fingerprint density at radius 3 is 2.26 bits per heavy atom. The third-order valence-corrected chi connectivity index (χ3v) is 3.32. The zero-order valence-electron chi connectivity index (χ0n) is 9.58. The Morgan fingerprint density at radius 1 is 1.05 bits per heavy atom. The van der Waals surface area contributed by atoms with Crippen molar-refractivity contribution in [2.45, 2.75) is 0 Å². The summed E-state index contributed by atoms with van der Waals surface area (Å²) in [5.41, 5.74) is 6.68. The van der Waals surface area contributed by atoms with Crippen molar-refractivity contribution >= 4 is 52.1 Å². The van der Waals surface area contributed by atoms with Crippen LogP contribution in [0, 0.1) is 0 Å². The molecule has 0 fully saturated rings. The first-order valence-corrected chi connectivity index (χ1v) is 6.43. The monoisotopic (exact) mass is 314 g/mol. The number of hydrogen-bond donors (Lipinski definition) is 2. The number of carbonyl (C=O) groups excluding carboxylic acids is 1. The second kappa shape index (κ2) is 5.70. The minimum Gasteiger partial charge on any atom is -0.398 e. The van der Waals surface area contributed by atoms with E-state index in [1.54, 1.807) is 24.3 Å². The minimum absolute atomic E-state index is 0.285. The highest BCUT2D eigenvalue weighted by Gasteiger charge is 2.13. The molecule has 0 unspecified atom stereocenters. The predicted molar refractivity (Wildman–Crippen MR) is 80.3 cm³/mol. The highest BCUT2D eigenvalue weighted by atomic mass is 35.5. The van der Waals surface area contributed by atoms with Crippen molar-refractivity contribution in [3.8, 4) is 0 Å². The number of amides is 1. The Balaban J connectivity index is 2.31. The lowest BCUT2D eigenvalue weighted by molar-refractivity contribution is 0.102. The number of nitrogens with two attached hydrogens (primary N) is 1. The number of hydrogen-bond acceptors (Lipinski definition) is 2. The average molecular weight is 316 g/mol. The van der Waals surface area contributed by atoms with Crippen molar-refractivity contribution < 1.29 is 4.79 Å². The van der Waals surface area contributed by atoms with Crippen molar-refractivity contribution in [1.29, 1.82) is 0 Å². The Hall–Kier alpha value is -1.42. The Kier molecular flexibility index (Phi) is 4.20. The number of benzene rings is 2. The molecule has 3 N–H and O–H groups in total. The van der Waals surface area contributed by atoms with Gasteiger partial charge in [0.25, 0.3) is 5.91 Å². The summed E-state index contributed by atoms with van der Waals surface area (Å²) >= 11 is 17.7. The normalized spacial score (nSPS) is 10.3. The first-order valence-electron chi connectivity index (χ1n) is 5.29. The molecule has 0 saturated carbocycles. The van der Waals surface area contributed by atoms with E-state index in [1.807, 2.05) is 0 Å². The van der Waals surface area contributed by atoms with Gasteiger partial charge in [-0.05, 0) is 30.3 Å². The van der Waals surface area contributed by atoms with E-state index < -0.39 is 5.91 Å². The molecule has 19 heavy (non-hydrogen) atoms. The lowest BCUT2D eigenvalue weighted by atomic mass is 10.1. The van der Waals surface area contributed by atoms with Gasteiger partial charge in [-0.3, -0.25) is 4.79 Å². The van der Waals surface area contributed by atoms with Gasteiger partial charge in [0.1, 0.15) is 0 Å². The molecular formula is C13H9Cl3N2O. The topological polar surface area (TPSA) is 55.1 Å². The van der Waals surface area contributed by atoms with Gasteiger partial charge in [-0.2, -0.15) is 0 Å². The molecule has 0 aliphatic rings. The minimum atomic E-state index is -0.399. The van der Waals surface area contributed by atoms with Gasteiger partial charge in [0, 0.05) is 10.7 Å². The van der Waals surface area contributed by atoms with Crippen molar-refractivity contribution in [2.75, 3.05) is 11.1 Å². The van der Waals surface area contributed by atoms with Gasteiger partial charge >= 0.3 is 0 Å². The van der Waals surface area contributed by atoms with Crippen LogP contribution in [0.4, 0.5) is 11.4 Å². The summed E-state index contributed by atoms with van der Waals surface area (Å²) in [5, 5.41) is 3.80. The molecule has 0 bridgehead atoms. The van der Waals surface area contributed by atoms with Gasteiger partial charge in [-0.25, -0.2) is 0 Å². The van der Waals surface area contributed by atoms with Gasteiger partial charge in [0.2, 0.25) is 0 Å². The Bertz CT molecular complexity index is 624. The lowest BCUT2D eigenvalue weighted by Gasteiger charge is -2.10. The van der Waals surface area contributed by atoms with Crippen molar-refractivity contribution in [3.05, 3.63) is 57.0 Å². The summed E-state index contributed by atoms with van der Waals surface area (Å²) < 4.78 is 0. The fraction of sp³-hybridized carbons (Fsp3) is 0. The predicted octanol–water partition coefficient (Wildman–Crippen LogP) is 4.48. The van der Waals surface area contributed by atoms with Gasteiger partial charge in [0.15, 0.2) is 0 Å². The average Bonchev–Trinajstić information content (AvgIpc) is 2.33. The lowest BCUT2D eigenvalue weighted by Crippen LogP contribution is -2.14. The van der Waals surface area contributed by atoms with Crippen LogP contribution in [0.5, 0.6) is 0 Å². The summed E-state index contributed by atoms with van der Waals surface area (Å²) in [6, 6.07) is 9.59. The molecule has 0 aliphatic heterocycles. The summed E-state index contributed by atoms with van der Waals surface area (Å²) in [4.78, 5) is 12.1. The zero-order valence-corrected chi connectivity index (χ0v) is 11.9. The molecule has 2 aromatic carbocycles. The molecule has 1 amide bonds. The van der Waals surface area contributed by atoms with Crippen LogP contribution in [0.2, 0.25) is 15.1 Å². The molecule has 3 nitrogen and oxygen atoms in total. The van der Waals surface area contributed by atoms with E-state index in [4.69, 9.17) is 40.5 Å². The first-order chi connectivity index (χ1) is 8.99. The standard InChI is InChI=1S/C13H9Cl3N2O/c14-7-4-5-8(11(17)6-7)13(19)18-12-9(15)2-1-3-10(12)16/h1-6H,17H2,(H,18,19). The van der Waals surface area contributed by atoms with E-state index in [-0.39, 0.29) is 5.69 Å². The van der Waals surface area contributed by atoms with Crippen LogP contribution in [-0.2, 0) is 0 Å². The van der Waals surface area contributed by atoms with Crippen molar-refractivity contribution in [1.82, 2.24) is 0 Å². The molecule has 0 saturated heterocycles. The second-order valence-electron chi connectivity index (χ2n) is 3.78. The molecule has 2 rings (SSSR count). The van der Waals surface area contributed by atoms with Crippen LogP contribution in [0.1, 0.15) is 10.4 Å². The first kappa shape index (κ1) is 14.0. The van der Waals surface area contributed by atoms with Gasteiger partial charge in [-0.15, -0.1) is 0 Å². The number of para-hydroxylation sites is 1. The maximum absolute atomic E-state index is 12.1. The smallest absolute Gasteiger partial charge is 0.257 e. The van der Waals surface area contributed by atoms with Crippen LogP contribution in [0.3, 0.4) is 0 Å². The number of carbonyl (C=O) groups is 1. The number of anilines is 2. The largest absolute Gasteiger partial charge is 0.398 e. The summed E-state index contributed by atoms with van der Waals surface area (Å²) in [6.07, 6.45) is 0. The zero-order chi connectivity index (χ0) is 14.0. The third kappa shape index (κ3) is 3.13. The van der Waals surface area contributed by atoms with Crippen LogP contribution < -0.4 is 11.1 Å².